The van der Waals surface area contributed by atoms with Crippen LogP contribution in [0.25, 0.3) is 22.3 Å². The van der Waals surface area contributed by atoms with E-state index in [-0.39, 0.29) is 41.4 Å². The standard InChI is InChI=1S/C21H21ClNO8P/c1-23-7-6-12(16(26)10-23)19-14(24)9-18(31-32(27,28)29)20-15(25)8-17(30-21(19)20)11-4-2-3-5-13(11)22/h2-5,8-9,12,16,24,26H,6-7,10H2,1H3,(H2,27,28,29)/i1D2,9D. The third kappa shape index (κ3) is 4.41. The number of benzene rings is 2. The molecule has 0 radical (unpaired) electrons. The van der Waals surface area contributed by atoms with Crippen LogP contribution in [0.15, 0.2) is 45.6 Å². The Balaban J connectivity index is 2.03. The number of β-amino-alcohol motifs (C(OH)–C–C–N with tert-alkyl or cyclic N) is 1. The number of phosphoric ester groups is 1. The smallest absolute Gasteiger partial charge is 0.507 e. The molecule has 2 unspecified atom stereocenters. The first-order valence-corrected chi connectivity index (χ1v) is 11.4. The van der Waals surface area contributed by atoms with Crippen LogP contribution in [-0.2, 0) is 4.57 Å². The second-order valence-corrected chi connectivity index (χ2v) is 8.99. The molecule has 1 fully saturated rings. The second-order valence-electron chi connectivity index (χ2n) is 7.41. The van der Waals surface area contributed by atoms with Crippen LogP contribution in [0.5, 0.6) is 11.5 Å². The summed E-state index contributed by atoms with van der Waals surface area (Å²) in [4.78, 5) is 33.3. The highest BCUT2D eigenvalue weighted by Gasteiger charge is 2.34. The van der Waals surface area contributed by atoms with Crippen molar-refractivity contribution >= 4 is 30.4 Å². The maximum atomic E-state index is 13.2. The maximum Gasteiger partial charge on any atom is 0.524 e. The lowest BCUT2D eigenvalue weighted by atomic mass is 9.85. The predicted molar refractivity (Wildman–Crippen MR) is 118 cm³/mol. The Hall–Kier alpha value is -2.39. The second kappa shape index (κ2) is 8.51. The summed E-state index contributed by atoms with van der Waals surface area (Å²) in [6.07, 6.45) is -1.07. The van der Waals surface area contributed by atoms with Crippen LogP contribution in [0.4, 0.5) is 0 Å². The summed E-state index contributed by atoms with van der Waals surface area (Å²) in [6, 6.07) is 6.62. The highest BCUT2D eigenvalue weighted by atomic mass is 35.5. The van der Waals surface area contributed by atoms with Crippen molar-refractivity contribution in [2.24, 2.45) is 0 Å². The van der Waals surface area contributed by atoms with Crippen molar-refractivity contribution in [3.63, 3.8) is 0 Å². The molecule has 0 spiro atoms. The van der Waals surface area contributed by atoms with Crippen molar-refractivity contribution in [1.29, 1.82) is 0 Å². The van der Waals surface area contributed by atoms with Gasteiger partial charge in [-0.2, -0.15) is 0 Å². The van der Waals surface area contributed by atoms with Crippen molar-refractivity contribution in [1.82, 2.24) is 4.90 Å². The van der Waals surface area contributed by atoms with Gasteiger partial charge in [-0.25, -0.2) is 4.57 Å². The molecule has 4 rings (SSSR count). The topological polar surface area (TPSA) is 141 Å². The lowest BCUT2D eigenvalue weighted by Gasteiger charge is -2.34. The number of phenolic OH excluding ortho intramolecular Hbond substituents is 1. The fraction of sp³-hybridized carbons (Fsp3) is 0.286. The van der Waals surface area contributed by atoms with E-state index in [1.54, 1.807) is 24.3 Å². The molecule has 1 saturated heterocycles. The number of hydrogen-bond donors (Lipinski definition) is 4. The van der Waals surface area contributed by atoms with Crippen molar-refractivity contribution in [3.8, 4) is 22.8 Å². The van der Waals surface area contributed by atoms with Gasteiger partial charge in [0.2, 0.25) is 0 Å². The lowest BCUT2D eigenvalue weighted by molar-refractivity contribution is 0.0630. The minimum atomic E-state index is -5.25. The number of likely N-dealkylation sites (N-methyl/N-ethyl adjacent to an activating group) is 1. The molecule has 0 amide bonds. The molecule has 9 nitrogen and oxygen atoms in total. The van der Waals surface area contributed by atoms with Gasteiger partial charge in [0.05, 0.1) is 12.5 Å². The molecule has 2 aromatic carbocycles. The number of phenols is 1. The molecule has 11 heteroatoms. The Morgan fingerprint density at radius 1 is 1.38 bits per heavy atom. The predicted octanol–water partition coefficient (Wildman–Crippen LogP) is 3.07. The zero-order valence-electron chi connectivity index (χ0n) is 19.4. The average Bonchev–Trinajstić information content (AvgIpc) is 2.77. The SMILES string of the molecule is [2H]c1c(O)c(C2CCN(C([2H])[2H])CC2O)c2oc(-c3ccccc3Cl)cc(=O)c2c1OP(=O)(O)O. The van der Waals surface area contributed by atoms with E-state index < -0.39 is 55.2 Å². The van der Waals surface area contributed by atoms with E-state index >= 15 is 0 Å². The Morgan fingerprint density at radius 3 is 2.78 bits per heavy atom. The van der Waals surface area contributed by atoms with E-state index in [1.165, 1.54) is 4.90 Å². The highest BCUT2D eigenvalue weighted by Crippen LogP contribution is 2.47. The molecule has 2 heterocycles. The van der Waals surface area contributed by atoms with E-state index in [0.717, 1.165) is 6.07 Å². The van der Waals surface area contributed by atoms with Gasteiger partial charge in [0, 0.05) is 38.4 Å². The molecule has 1 aliphatic rings. The number of likely N-dealkylation sites (tertiary alicyclic amines) is 1. The number of halogens is 1. The van der Waals surface area contributed by atoms with Crippen molar-refractivity contribution < 1.29 is 37.6 Å². The van der Waals surface area contributed by atoms with E-state index in [0.29, 0.717) is 5.56 Å². The zero-order valence-corrected chi connectivity index (χ0v) is 18.1. The Morgan fingerprint density at radius 2 is 2.12 bits per heavy atom. The molecule has 4 N–H and O–H groups in total. The first-order chi connectivity index (χ1) is 16.4. The van der Waals surface area contributed by atoms with Gasteiger partial charge in [-0.15, -0.1) is 0 Å². The Bertz CT molecular complexity index is 1400. The minimum absolute atomic E-state index is 0.0158. The van der Waals surface area contributed by atoms with E-state index in [4.69, 9.17) is 20.1 Å². The molecule has 0 bridgehead atoms. The molecule has 1 aliphatic heterocycles. The fourth-order valence-electron chi connectivity index (χ4n) is 3.86. The molecule has 32 heavy (non-hydrogen) atoms. The molecule has 3 aromatic rings. The zero-order chi connectivity index (χ0) is 25.7. The number of phosphoric acid groups is 1. The largest absolute Gasteiger partial charge is 0.524 e. The molecule has 170 valence electrons. The lowest BCUT2D eigenvalue weighted by Crippen LogP contribution is -2.40. The van der Waals surface area contributed by atoms with Gasteiger partial charge in [0.15, 0.2) is 5.43 Å². The van der Waals surface area contributed by atoms with E-state index in [9.17, 15) is 29.4 Å². The summed E-state index contributed by atoms with van der Waals surface area (Å²) < 4.78 is 45.5. The average molecular weight is 485 g/mol. The van der Waals surface area contributed by atoms with E-state index in [1.807, 2.05) is 0 Å². The number of nitrogens with zero attached hydrogens (tertiary/aromatic N) is 1. The number of hydrogen-bond acceptors (Lipinski definition) is 7. The minimum Gasteiger partial charge on any atom is -0.507 e. The van der Waals surface area contributed by atoms with Crippen LogP contribution in [0.2, 0.25) is 5.02 Å². The van der Waals surface area contributed by atoms with Crippen LogP contribution < -0.4 is 9.95 Å². The van der Waals surface area contributed by atoms with Gasteiger partial charge in [0.1, 0.15) is 28.2 Å². The summed E-state index contributed by atoms with van der Waals surface area (Å²) in [6.45, 7) is -1.22. The molecule has 2 atom stereocenters. The Labute approximate surface area is 191 Å². The van der Waals surface area contributed by atoms with Crippen LogP contribution in [0.1, 0.15) is 22.0 Å². The fourth-order valence-corrected chi connectivity index (χ4v) is 4.46. The molecular weight excluding hydrogens is 461 g/mol. The third-order valence-corrected chi connectivity index (χ3v) is 5.99. The first kappa shape index (κ1) is 19.1. The quantitative estimate of drug-likeness (QED) is 0.411. The number of piperidine rings is 1. The third-order valence-electron chi connectivity index (χ3n) is 5.24. The molecule has 0 aliphatic carbocycles. The Kier molecular flexibility index (Phi) is 5.09. The van der Waals surface area contributed by atoms with Gasteiger partial charge < -0.3 is 24.1 Å². The number of aromatic hydroxyl groups is 1. The highest BCUT2D eigenvalue weighted by molar-refractivity contribution is 7.46. The summed E-state index contributed by atoms with van der Waals surface area (Å²) >= 11 is 6.24. The molecular formula is C21H21ClNO8P. The first-order valence-electron chi connectivity index (χ1n) is 11.1. The van der Waals surface area contributed by atoms with Gasteiger partial charge in [-0.3, -0.25) is 14.6 Å². The number of aliphatic hydroxyl groups excluding tert-OH is 1. The number of rotatable bonds is 4. The van der Waals surface area contributed by atoms with Crippen LogP contribution >= 0.6 is 19.4 Å². The van der Waals surface area contributed by atoms with Crippen LogP contribution in [-0.4, -0.2) is 51.1 Å². The molecule has 0 saturated carbocycles. The van der Waals surface area contributed by atoms with E-state index in [2.05, 4.69) is 4.52 Å². The van der Waals surface area contributed by atoms with Crippen LogP contribution in [0, 0.1) is 0 Å². The summed E-state index contributed by atoms with van der Waals surface area (Å²) in [5.41, 5.74) is -0.931. The number of aliphatic hydroxyl groups is 1. The summed E-state index contributed by atoms with van der Waals surface area (Å²) in [5.74, 6) is -2.55. The van der Waals surface area contributed by atoms with Crippen molar-refractivity contribution in [2.75, 3.05) is 20.1 Å². The van der Waals surface area contributed by atoms with Gasteiger partial charge in [-0.1, -0.05) is 23.7 Å². The maximum absolute atomic E-state index is 13.2. The monoisotopic (exact) mass is 484 g/mol. The van der Waals surface area contributed by atoms with Crippen LogP contribution in [0.3, 0.4) is 0 Å². The van der Waals surface area contributed by atoms with Gasteiger partial charge >= 0.3 is 7.82 Å². The van der Waals surface area contributed by atoms with Gasteiger partial charge in [-0.05, 0) is 32.1 Å². The van der Waals surface area contributed by atoms with Gasteiger partial charge in [0.25, 0.3) is 0 Å². The van der Waals surface area contributed by atoms with Crippen molar-refractivity contribution in [2.45, 2.75) is 18.4 Å². The normalized spacial score (nSPS) is 21.3. The molecule has 1 aromatic heterocycles. The summed E-state index contributed by atoms with van der Waals surface area (Å²) in [7, 11) is -5.25. The number of fused-ring (bicyclic) bond motifs is 1. The summed E-state index contributed by atoms with van der Waals surface area (Å²) in [5, 5.41) is 21.5. The van der Waals surface area contributed by atoms with Crippen molar-refractivity contribution in [3.05, 3.63) is 57.2 Å².